The smallest absolute Gasteiger partial charge is 0.245 e. The molecular formula is C13H25N5O2S. The number of likely N-dealkylation sites (tertiary alicyclic amines) is 1. The second-order valence-electron chi connectivity index (χ2n) is 5.46. The maximum atomic E-state index is 12.5. The molecule has 120 valence electrons. The number of hydrogen-bond donors (Lipinski definition) is 1. The molecule has 2 rings (SSSR count). The molecule has 0 saturated carbocycles. The molecule has 1 aromatic heterocycles. The molecule has 1 aliphatic heterocycles. The van der Waals surface area contributed by atoms with Crippen molar-refractivity contribution in [2.75, 3.05) is 39.8 Å². The second-order valence-corrected chi connectivity index (χ2v) is 7.50. The maximum absolute atomic E-state index is 12.5. The molecule has 0 spiro atoms. The largest absolute Gasteiger partial charge is 0.330 e. The van der Waals surface area contributed by atoms with Gasteiger partial charge in [-0.05, 0) is 38.9 Å². The molecule has 1 saturated heterocycles. The highest BCUT2D eigenvalue weighted by atomic mass is 32.2. The van der Waals surface area contributed by atoms with Gasteiger partial charge in [0.1, 0.15) is 4.90 Å². The average Bonchev–Trinajstić information content (AvgIpc) is 3.13. The lowest BCUT2D eigenvalue weighted by Crippen LogP contribution is -2.35. The van der Waals surface area contributed by atoms with Gasteiger partial charge < -0.3 is 10.6 Å². The van der Waals surface area contributed by atoms with E-state index in [1.54, 1.807) is 17.9 Å². The van der Waals surface area contributed by atoms with Crippen LogP contribution in [-0.2, 0) is 16.6 Å². The fourth-order valence-electron chi connectivity index (χ4n) is 2.44. The molecule has 7 nitrogen and oxygen atoms in total. The zero-order chi connectivity index (χ0) is 15.3. The summed E-state index contributed by atoms with van der Waals surface area (Å²) >= 11 is 0. The fraction of sp³-hybridized carbons (Fsp3) is 0.769. The molecule has 1 aromatic rings. The van der Waals surface area contributed by atoms with Gasteiger partial charge in [0.25, 0.3) is 0 Å². The first-order valence-electron chi connectivity index (χ1n) is 7.45. The molecule has 0 atom stereocenters. The van der Waals surface area contributed by atoms with Gasteiger partial charge in [-0.15, -0.1) is 0 Å². The molecule has 0 unspecified atom stereocenters. The normalized spacial score (nSPS) is 16.9. The maximum Gasteiger partial charge on any atom is 0.245 e. The van der Waals surface area contributed by atoms with Gasteiger partial charge in [0.2, 0.25) is 10.0 Å². The summed E-state index contributed by atoms with van der Waals surface area (Å²) in [6, 6.07) is 0. The predicted octanol–water partition coefficient (Wildman–Crippen LogP) is -0.0518. The summed E-state index contributed by atoms with van der Waals surface area (Å²) in [7, 11) is -1.82. The highest BCUT2D eigenvalue weighted by Gasteiger charge is 2.23. The van der Waals surface area contributed by atoms with Gasteiger partial charge in [-0.3, -0.25) is 4.68 Å². The Kier molecular flexibility index (Phi) is 5.74. The number of hydrogen-bond acceptors (Lipinski definition) is 5. The standard InChI is InChI=1S/C13H25N5O2S/c1-16(9-10-17-6-2-3-7-17)21(19,20)13-11-15-18(12-13)8-4-5-14/h11-12H,2-10,14H2,1H3. The van der Waals surface area contributed by atoms with E-state index in [2.05, 4.69) is 10.00 Å². The highest BCUT2D eigenvalue weighted by Crippen LogP contribution is 2.14. The van der Waals surface area contributed by atoms with E-state index in [1.807, 2.05) is 0 Å². The Morgan fingerprint density at radius 1 is 1.33 bits per heavy atom. The summed E-state index contributed by atoms with van der Waals surface area (Å²) in [6.45, 7) is 4.66. The second kappa shape index (κ2) is 7.35. The van der Waals surface area contributed by atoms with Gasteiger partial charge in [0.05, 0.1) is 6.20 Å². The van der Waals surface area contributed by atoms with E-state index in [1.165, 1.54) is 23.3 Å². The topological polar surface area (TPSA) is 84.5 Å². The lowest BCUT2D eigenvalue weighted by molar-refractivity contribution is 0.310. The van der Waals surface area contributed by atoms with Crippen LogP contribution < -0.4 is 5.73 Å². The Morgan fingerprint density at radius 3 is 2.71 bits per heavy atom. The third-order valence-corrected chi connectivity index (χ3v) is 5.65. The third-order valence-electron chi connectivity index (χ3n) is 3.84. The first-order chi connectivity index (χ1) is 10.0. The Balaban J connectivity index is 1.93. The average molecular weight is 315 g/mol. The van der Waals surface area contributed by atoms with Crippen molar-refractivity contribution in [2.45, 2.75) is 30.7 Å². The minimum absolute atomic E-state index is 0.253. The van der Waals surface area contributed by atoms with Gasteiger partial charge >= 0.3 is 0 Å². The highest BCUT2D eigenvalue weighted by molar-refractivity contribution is 7.89. The van der Waals surface area contributed by atoms with Crippen LogP contribution in [0.3, 0.4) is 0 Å². The van der Waals surface area contributed by atoms with Crippen molar-refractivity contribution >= 4 is 10.0 Å². The molecule has 21 heavy (non-hydrogen) atoms. The lowest BCUT2D eigenvalue weighted by atomic mass is 10.4. The summed E-state index contributed by atoms with van der Waals surface area (Å²) < 4.78 is 28.0. The number of nitrogens with two attached hydrogens (primary N) is 1. The Bertz CT molecular complexity index is 537. The number of aryl methyl sites for hydroxylation is 1. The van der Waals surface area contributed by atoms with Crippen LogP contribution in [0.2, 0.25) is 0 Å². The van der Waals surface area contributed by atoms with Gasteiger partial charge in [-0.1, -0.05) is 0 Å². The van der Waals surface area contributed by atoms with Crippen LogP contribution in [-0.4, -0.2) is 67.2 Å². The van der Waals surface area contributed by atoms with Crippen molar-refractivity contribution in [3.63, 3.8) is 0 Å². The molecule has 2 heterocycles. The van der Waals surface area contributed by atoms with Crippen LogP contribution in [0, 0.1) is 0 Å². The molecule has 2 N–H and O–H groups in total. The summed E-state index contributed by atoms with van der Waals surface area (Å²) in [4.78, 5) is 2.56. The van der Waals surface area contributed by atoms with Gasteiger partial charge in [-0.25, -0.2) is 8.42 Å². The molecule has 1 aliphatic rings. The fourth-order valence-corrected chi connectivity index (χ4v) is 3.56. The summed E-state index contributed by atoms with van der Waals surface area (Å²) in [6.07, 6.45) is 6.20. The molecular weight excluding hydrogens is 290 g/mol. The minimum atomic E-state index is -3.44. The van der Waals surface area contributed by atoms with Crippen LogP contribution in [0.15, 0.2) is 17.3 Å². The van der Waals surface area contributed by atoms with Gasteiger partial charge in [0.15, 0.2) is 0 Å². The summed E-state index contributed by atoms with van der Waals surface area (Å²) in [5, 5.41) is 4.08. The van der Waals surface area contributed by atoms with Crippen molar-refractivity contribution < 1.29 is 8.42 Å². The van der Waals surface area contributed by atoms with E-state index in [-0.39, 0.29) is 4.90 Å². The molecule has 0 bridgehead atoms. The molecule has 0 radical (unpaired) electrons. The minimum Gasteiger partial charge on any atom is -0.330 e. The van der Waals surface area contributed by atoms with Gasteiger partial charge in [0, 0.05) is 32.9 Å². The monoisotopic (exact) mass is 315 g/mol. The van der Waals surface area contributed by atoms with Crippen LogP contribution >= 0.6 is 0 Å². The van der Waals surface area contributed by atoms with Crippen LogP contribution in [0.4, 0.5) is 0 Å². The third kappa shape index (κ3) is 4.26. The van der Waals surface area contributed by atoms with Gasteiger partial charge in [-0.2, -0.15) is 9.40 Å². The van der Waals surface area contributed by atoms with E-state index >= 15 is 0 Å². The lowest BCUT2D eigenvalue weighted by Gasteiger charge is -2.20. The zero-order valence-corrected chi connectivity index (χ0v) is 13.4. The van der Waals surface area contributed by atoms with E-state index in [0.29, 0.717) is 19.6 Å². The number of aromatic nitrogens is 2. The van der Waals surface area contributed by atoms with E-state index in [9.17, 15) is 8.42 Å². The van der Waals surface area contributed by atoms with E-state index in [4.69, 9.17) is 5.73 Å². The SMILES string of the molecule is CN(CCN1CCCC1)S(=O)(=O)c1cnn(CCCN)c1. The van der Waals surface area contributed by atoms with Crippen LogP contribution in [0.1, 0.15) is 19.3 Å². The Morgan fingerprint density at radius 2 is 2.05 bits per heavy atom. The quantitative estimate of drug-likeness (QED) is 0.727. The summed E-state index contributed by atoms with van der Waals surface area (Å²) in [5.74, 6) is 0. The van der Waals surface area contributed by atoms with Crippen LogP contribution in [0.25, 0.3) is 0 Å². The first-order valence-corrected chi connectivity index (χ1v) is 8.89. The molecule has 0 aliphatic carbocycles. The zero-order valence-electron chi connectivity index (χ0n) is 12.6. The van der Waals surface area contributed by atoms with Crippen molar-refractivity contribution in [1.82, 2.24) is 19.0 Å². The molecule has 0 aromatic carbocycles. The van der Waals surface area contributed by atoms with Crippen molar-refractivity contribution in [1.29, 1.82) is 0 Å². The number of nitrogens with zero attached hydrogens (tertiary/aromatic N) is 4. The van der Waals surface area contributed by atoms with Crippen molar-refractivity contribution in [2.24, 2.45) is 5.73 Å². The number of likely N-dealkylation sites (N-methyl/N-ethyl adjacent to an activating group) is 1. The Labute approximate surface area is 126 Å². The van der Waals surface area contributed by atoms with Crippen molar-refractivity contribution in [3.8, 4) is 0 Å². The van der Waals surface area contributed by atoms with Crippen LogP contribution in [0.5, 0.6) is 0 Å². The van der Waals surface area contributed by atoms with E-state index in [0.717, 1.165) is 26.1 Å². The molecule has 1 fully saturated rings. The number of rotatable bonds is 8. The first kappa shape index (κ1) is 16.4. The van der Waals surface area contributed by atoms with E-state index < -0.39 is 10.0 Å². The molecule has 0 amide bonds. The summed E-state index contributed by atoms with van der Waals surface area (Å²) in [5.41, 5.74) is 5.44. The number of sulfonamides is 1. The molecule has 8 heteroatoms. The predicted molar refractivity (Wildman–Crippen MR) is 81.4 cm³/mol. The Hall–Kier alpha value is -0.960. The van der Waals surface area contributed by atoms with Crippen molar-refractivity contribution in [3.05, 3.63) is 12.4 Å².